The molecule has 0 unspecified atom stereocenters. The topological polar surface area (TPSA) is 79.3 Å². The number of alkyl halides is 3. The molecule has 2 aliphatic heterocycles. The molecule has 5 rings (SSSR count). The van der Waals surface area contributed by atoms with Crippen LogP contribution in [0.3, 0.4) is 0 Å². The molecular formula is C30H26ClF3N2O5S3. The van der Waals surface area contributed by atoms with E-state index >= 15 is 0 Å². The molecule has 2 saturated heterocycles. The molecule has 1 aromatic heterocycles. The minimum Gasteiger partial charge on any atom is -0.493 e. The number of thiocarbonyl (C=S) groups is 1. The predicted octanol–water partition coefficient (Wildman–Crippen LogP) is 7.29. The summed E-state index contributed by atoms with van der Waals surface area (Å²) in [4.78, 5) is 29.4. The molecule has 3 heterocycles. The van der Waals surface area contributed by atoms with Crippen LogP contribution in [0, 0.1) is 0 Å². The van der Waals surface area contributed by atoms with E-state index in [1.54, 1.807) is 29.7 Å². The maximum Gasteiger partial charge on any atom is 0.416 e. The van der Waals surface area contributed by atoms with Crippen molar-refractivity contribution in [3.05, 3.63) is 79.3 Å². The van der Waals surface area contributed by atoms with Crippen molar-refractivity contribution >= 4 is 69.2 Å². The lowest BCUT2D eigenvalue weighted by Gasteiger charge is -2.27. The molecule has 0 atom stereocenters. The Kier molecular flexibility index (Phi) is 10.3. The fraction of sp³-hybridized carbons (Fsp3) is 0.300. The van der Waals surface area contributed by atoms with Gasteiger partial charge in [-0.2, -0.15) is 13.2 Å². The molecule has 44 heavy (non-hydrogen) atoms. The third kappa shape index (κ3) is 7.82. The van der Waals surface area contributed by atoms with Crippen molar-refractivity contribution in [1.29, 1.82) is 0 Å². The number of carbonyl (C=O) groups is 2. The number of morpholine rings is 1. The van der Waals surface area contributed by atoms with E-state index < -0.39 is 17.7 Å². The quantitative estimate of drug-likeness (QED) is 0.136. The molecule has 2 aromatic carbocycles. The molecular weight excluding hydrogens is 657 g/mol. The molecule has 1 amide bonds. The summed E-state index contributed by atoms with van der Waals surface area (Å²) in [5, 5.41) is 11.3. The highest BCUT2D eigenvalue weighted by molar-refractivity contribution is 8.26. The van der Waals surface area contributed by atoms with Crippen molar-refractivity contribution in [1.82, 2.24) is 9.80 Å². The van der Waals surface area contributed by atoms with Crippen LogP contribution in [0.2, 0.25) is 5.02 Å². The third-order valence-electron chi connectivity index (χ3n) is 6.96. The molecule has 3 aromatic rings. The van der Waals surface area contributed by atoms with E-state index in [1.165, 1.54) is 28.4 Å². The number of halogens is 4. The van der Waals surface area contributed by atoms with Gasteiger partial charge in [0.2, 0.25) is 0 Å². The van der Waals surface area contributed by atoms with Gasteiger partial charge in [0.05, 0.1) is 35.9 Å². The van der Waals surface area contributed by atoms with Crippen LogP contribution in [0.15, 0.2) is 52.7 Å². The van der Waals surface area contributed by atoms with E-state index in [4.69, 9.17) is 33.3 Å². The standard InChI is InChI=1S/C30H26ClF3N2O5S3/c31-24-4-3-21(30(32,33)34)14-23(24)20-13-22(43-17-20)15-26-27(37)36(29(42)44-26)6-1-9-41-25-5-2-18(28(38)39)12-19(25)16-35-7-10-40-11-8-35/h2-5,12-15,17H,1,6-11,16H2,(H,38,39)/b26-15-. The number of nitrogens with zero attached hydrogens (tertiary/aromatic N) is 2. The second-order valence-corrected chi connectivity index (χ2v) is 13.0. The van der Waals surface area contributed by atoms with Crippen LogP contribution in [-0.4, -0.2) is 70.6 Å². The van der Waals surface area contributed by atoms with Gasteiger partial charge in [0, 0.05) is 47.2 Å². The van der Waals surface area contributed by atoms with Crippen molar-refractivity contribution < 1.29 is 37.3 Å². The molecule has 7 nitrogen and oxygen atoms in total. The van der Waals surface area contributed by atoms with E-state index in [0.717, 1.165) is 42.5 Å². The van der Waals surface area contributed by atoms with Gasteiger partial charge in [-0.3, -0.25) is 14.6 Å². The smallest absolute Gasteiger partial charge is 0.416 e. The maximum absolute atomic E-state index is 13.2. The summed E-state index contributed by atoms with van der Waals surface area (Å²) in [5.41, 5.74) is 0.938. The van der Waals surface area contributed by atoms with Gasteiger partial charge >= 0.3 is 12.1 Å². The molecule has 0 aliphatic carbocycles. The number of thioether (sulfide) groups is 1. The Balaban J connectivity index is 1.20. The number of carboxylic acid groups (broad SMARTS) is 1. The Hall–Kier alpha value is -2.94. The summed E-state index contributed by atoms with van der Waals surface area (Å²) in [6, 6.07) is 9.65. The first-order chi connectivity index (χ1) is 21.0. The zero-order chi connectivity index (χ0) is 31.4. The molecule has 0 bridgehead atoms. The maximum atomic E-state index is 13.2. The first kappa shape index (κ1) is 32.5. The summed E-state index contributed by atoms with van der Waals surface area (Å²) in [6.07, 6.45) is -2.34. The minimum absolute atomic E-state index is 0.181. The number of carboxylic acids is 1. The largest absolute Gasteiger partial charge is 0.493 e. The van der Waals surface area contributed by atoms with Gasteiger partial charge in [0.25, 0.3) is 5.91 Å². The van der Waals surface area contributed by atoms with Gasteiger partial charge in [-0.15, -0.1) is 11.3 Å². The van der Waals surface area contributed by atoms with Gasteiger partial charge in [-0.25, -0.2) is 4.79 Å². The van der Waals surface area contributed by atoms with Crippen molar-refractivity contribution in [2.45, 2.75) is 19.1 Å². The van der Waals surface area contributed by atoms with Crippen LogP contribution >= 0.6 is 46.9 Å². The van der Waals surface area contributed by atoms with E-state index in [0.29, 0.717) is 58.1 Å². The molecule has 0 spiro atoms. The lowest BCUT2D eigenvalue weighted by molar-refractivity contribution is -0.137. The highest BCUT2D eigenvalue weighted by Gasteiger charge is 2.33. The highest BCUT2D eigenvalue weighted by Crippen LogP contribution is 2.39. The lowest BCUT2D eigenvalue weighted by atomic mass is 10.1. The number of rotatable bonds is 10. The van der Waals surface area contributed by atoms with Gasteiger partial charge in [-0.1, -0.05) is 35.6 Å². The van der Waals surface area contributed by atoms with Crippen molar-refractivity contribution in [3.63, 3.8) is 0 Å². The van der Waals surface area contributed by atoms with Gasteiger partial charge in [0.15, 0.2) is 0 Å². The van der Waals surface area contributed by atoms with Crippen molar-refractivity contribution in [2.75, 3.05) is 39.5 Å². The molecule has 0 saturated carbocycles. The number of carbonyl (C=O) groups excluding carboxylic acids is 1. The average molecular weight is 683 g/mol. The minimum atomic E-state index is -4.49. The van der Waals surface area contributed by atoms with Gasteiger partial charge < -0.3 is 14.6 Å². The molecule has 2 fully saturated rings. The highest BCUT2D eigenvalue weighted by atomic mass is 35.5. The summed E-state index contributed by atoms with van der Waals surface area (Å²) in [6.45, 7) is 3.85. The van der Waals surface area contributed by atoms with Crippen LogP contribution < -0.4 is 4.74 Å². The van der Waals surface area contributed by atoms with Crippen LogP contribution in [0.25, 0.3) is 17.2 Å². The fourth-order valence-corrected chi connectivity index (χ4v) is 7.14. The second kappa shape index (κ2) is 14.0. The normalized spacial score (nSPS) is 17.1. The molecule has 0 radical (unpaired) electrons. The number of ether oxygens (including phenoxy) is 2. The Morgan fingerprint density at radius 3 is 2.66 bits per heavy atom. The van der Waals surface area contributed by atoms with E-state index in [1.807, 2.05) is 0 Å². The predicted molar refractivity (Wildman–Crippen MR) is 169 cm³/mol. The first-order valence-corrected chi connectivity index (χ1v) is 16.0. The fourth-order valence-electron chi connectivity index (χ4n) is 4.70. The third-order valence-corrected chi connectivity index (χ3v) is 9.55. The molecule has 14 heteroatoms. The summed E-state index contributed by atoms with van der Waals surface area (Å²) >= 11 is 14.1. The van der Waals surface area contributed by atoms with E-state index in [-0.39, 0.29) is 28.7 Å². The number of hydrogen-bond acceptors (Lipinski definition) is 8. The van der Waals surface area contributed by atoms with Crippen molar-refractivity contribution in [2.24, 2.45) is 0 Å². The van der Waals surface area contributed by atoms with Gasteiger partial charge in [0.1, 0.15) is 10.1 Å². The summed E-state index contributed by atoms with van der Waals surface area (Å²) in [5.74, 6) is -0.688. The number of benzene rings is 2. The van der Waals surface area contributed by atoms with E-state index in [2.05, 4.69) is 4.90 Å². The Bertz CT molecular complexity index is 1600. The molecule has 2 aliphatic rings. The van der Waals surface area contributed by atoms with Crippen LogP contribution in [0.4, 0.5) is 13.2 Å². The van der Waals surface area contributed by atoms with E-state index in [9.17, 15) is 27.9 Å². The SMILES string of the molecule is O=C(O)c1ccc(OCCCN2C(=O)/C(=C/c3cc(-c4cc(C(F)(F)F)ccc4Cl)cs3)SC2=S)c(CN2CCOCC2)c1. The summed E-state index contributed by atoms with van der Waals surface area (Å²) < 4.78 is 51.4. The number of amides is 1. The van der Waals surface area contributed by atoms with Gasteiger partial charge in [-0.05, 0) is 65.9 Å². The monoisotopic (exact) mass is 682 g/mol. The zero-order valence-electron chi connectivity index (χ0n) is 23.1. The van der Waals surface area contributed by atoms with Crippen LogP contribution in [0.5, 0.6) is 5.75 Å². The number of aromatic carboxylic acids is 1. The average Bonchev–Trinajstić information content (AvgIpc) is 3.55. The lowest BCUT2D eigenvalue weighted by Crippen LogP contribution is -2.35. The molecule has 1 N–H and O–H groups in total. The number of hydrogen-bond donors (Lipinski definition) is 1. The Morgan fingerprint density at radius 1 is 1.16 bits per heavy atom. The molecule has 232 valence electrons. The second-order valence-electron chi connectivity index (χ2n) is 9.98. The van der Waals surface area contributed by atoms with Crippen LogP contribution in [-0.2, 0) is 22.3 Å². The van der Waals surface area contributed by atoms with Crippen molar-refractivity contribution in [3.8, 4) is 16.9 Å². The first-order valence-electron chi connectivity index (χ1n) is 13.5. The Morgan fingerprint density at radius 2 is 1.93 bits per heavy atom. The number of thiophene rings is 1. The zero-order valence-corrected chi connectivity index (χ0v) is 26.3. The Labute approximate surface area is 270 Å². The van der Waals surface area contributed by atoms with Crippen LogP contribution in [0.1, 0.15) is 32.8 Å². The summed E-state index contributed by atoms with van der Waals surface area (Å²) in [7, 11) is 0.